The lowest BCUT2D eigenvalue weighted by molar-refractivity contribution is -0.138. The highest BCUT2D eigenvalue weighted by Crippen LogP contribution is 2.47. The molecule has 3 N–H and O–H groups in total. The number of hydrogen-bond acceptors (Lipinski definition) is 9. The molecule has 2 fully saturated rings. The SMILES string of the molecule is CCOC[C@@H]1C[C@@H](OP(=O)(O)OC[C@@H]2C[C@@H](OC)CN2C(=O)CCC(C)CNC)CN1C(=O)C(C)C(C)CNC. The second kappa shape index (κ2) is 17.1. The summed E-state index contributed by atoms with van der Waals surface area (Å²) in [5.41, 5.74) is 0. The molecule has 234 valence electrons. The Kier molecular flexibility index (Phi) is 15.0. The number of hydrogen-bond donors (Lipinski definition) is 3. The summed E-state index contributed by atoms with van der Waals surface area (Å²) in [5, 5.41) is 6.23. The van der Waals surface area contributed by atoms with Crippen molar-refractivity contribution in [1.82, 2.24) is 20.4 Å². The number of nitrogens with zero attached hydrogens (tertiary/aromatic N) is 2. The van der Waals surface area contributed by atoms with E-state index in [1.54, 1.807) is 16.9 Å². The summed E-state index contributed by atoms with van der Waals surface area (Å²) in [7, 11) is 0.876. The fourth-order valence-corrected chi connectivity index (χ4v) is 6.46. The molecular formula is C27H53N4O8P. The standard InChI is InChI=1S/C27H53N4O8P/c1-8-37-17-22-12-25(16-31(22)27(33)21(4)20(3)14-29-6)39-40(34,35)38-18-23-11-24(36-7)15-30(23)26(32)10-9-19(2)13-28-5/h19-25,28-29H,8-18H2,1-7H3,(H,34,35)/t19?,20?,21?,22-,23-,24+,25+/m0/s1. The Morgan fingerprint density at radius 1 is 1.00 bits per heavy atom. The van der Waals surface area contributed by atoms with E-state index in [-0.39, 0.29) is 55.0 Å². The smallest absolute Gasteiger partial charge is 0.380 e. The van der Waals surface area contributed by atoms with Crippen molar-refractivity contribution >= 4 is 19.6 Å². The van der Waals surface area contributed by atoms with Gasteiger partial charge in [-0.3, -0.25) is 18.6 Å². The number of ether oxygens (including phenoxy) is 2. The molecule has 0 aliphatic carbocycles. The van der Waals surface area contributed by atoms with Gasteiger partial charge >= 0.3 is 7.82 Å². The Morgan fingerprint density at radius 3 is 2.25 bits per heavy atom. The summed E-state index contributed by atoms with van der Waals surface area (Å²) in [5.74, 6) is 0.205. The van der Waals surface area contributed by atoms with Gasteiger partial charge in [-0.25, -0.2) is 4.57 Å². The number of likely N-dealkylation sites (tertiary alicyclic amines) is 2. The Balaban J connectivity index is 1.99. The van der Waals surface area contributed by atoms with Gasteiger partial charge in [0.05, 0.1) is 37.5 Å². The molecule has 0 saturated carbocycles. The lowest BCUT2D eigenvalue weighted by Crippen LogP contribution is -2.44. The molecule has 2 rings (SSSR count). The number of phosphoric ester groups is 1. The summed E-state index contributed by atoms with van der Waals surface area (Å²) in [6, 6.07) is -0.639. The first-order chi connectivity index (χ1) is 19.0. The van der Waals surface area contributed by atoms with Crippen molar-refractivity contribution in [2.75, 3.05) is 67.2 Å². The van der Waals surface area contributed by atoms with Crippen LogP contribution < -0.4 is 10.6 Å². The molecule has 0 bridgehead atoms. The lowest BCUT2D eigenvalue weighted by Gasteiger charge is -2.29. The van der Waals surface area contributed by atoms with Crippen LogP contribution in [0.15, 0.2) is 0 Å². The molecule has 2 saturated heterocycles. The minimum Gasteiger partial charge on any atom is -0.380 e. The van der Waals surface area contributed by atoms with Gasteiger partial charge in [0.15, 0.2) is 0 Å². The molecule has 2 heterocycles. The number of methoxy groups -OCH3 is 1. The van der Waals surface area contributed by atoms with Crippen LogP contribution in [0.4, 0.5) is 0 Å². The molecule has 0 radical (unpaired) electrons. The first-order valence-corrected chi connectivity index (χ1v) is 16.1. The third-order valence-electron chi connectivity index (χ3n) is 8.09. The van der Waals surface area contributed by atoms with Crippen LogP contribution in [0.2, 0.25) is 0 Å². The Morgan fingerprint density at radius 2 is 1.62 bits per heavy atom. The topological polar surface area (TPSA) is 139 Å². The van der Waals surface area contributed by atoms with E-state index in [4.69, 9.17) is 18.5 Å². The molecule has 8 atom stereocenters. The maximum absolute atomic E-state index is 13.3. The minimum atomic E-state index is -4.46. The van der Waals surface area contributed by atoms with Gasteiger partial charge in [0, 0.05) is 39.1 Å². The van der Waals surface area contributed by atoms with Crippen molar-refractivity contribution in [1.29, 1.82) is 0 Å². The van der Waals surface area contributed by atoms with Crippen LogP contribution in [-0.2, 0) is 32.7 Å². The van der Waals surface area contributed by atoms with Crippen LogP contribution in [0.25, 0.3) is 0 Å². The van der Waals surface area contributed by atoms with E-state index in [9.17, 15) is 19.0 Å². The van der Waals surface area contributed by atoms with Crippen LogP contribution in [0.1, 0.15) is 53.4 Å². The molecule has 0 aromatic heterocycles. The Labute approximate surface area is 240 Å². The average molecular weight is 593 g/mol. The van der Waals surface area contributed by atoms with Gasteiger partial charge in [-0.1, -0.05) is 20.8 Å². The second-order valence-corrected chi connectivity index (χ2v) is 12.8. The van der Waals surface area contributed by atoms with Crippen LogP contribution in [0, 0.1) is 17.8 Å². The van der Waals surface area contributed by atoms with E-state index in [1.807, 2.05) is 34.9 Å². The number of phosphoric acid groups is 1. The molecule has 4 unspecified atom stereocenters. The van der Waals surface area contributed by atoms with Gasteiger partial charge in [-0.15, -0.1) is 0 Å². The number of carbonyl (C=O) groups excluding carboxylic acids is 2. The van der Waals surface area contributed by atoms with Crippen molar-refractivity contribution in [3.63, 3.8) is 0 Å². The zero-order chi connectivity index (χ0) is 29.9. The van der Waals surface area contributed by atoms with Gasteiger partial charge in [0.2, 0.25) is 11.8 Å². The highest BCUT2D eigenvalue weighted by Gasteiger charge is 2.42. The normalized spacial score (nSPS) is 27.0. The zero-order valence-electron chi connectivity index (χ0n) is 25.5. The lowest BCUT2D eigenvalue weighted by atomic mass is 9.94. The maximum atomic E-state index is 13.3. The largest absolute Gasteiger partial charge is 0.472 e. The van der Waals surface area contributed by atoms with E-state index < -0.39 is 13.9 Å². The highest BCUT2D eigenvalue weighted by atomic mass is 31.2. The van der Waals surface area contributed by atoms with Gasteiger partial charge in [0.1, 0.15) is 0 Å². The molecular weight excluding hydrogens is 539 g/mol. The third kappa shape index (κ3) is 10.6. The zero-order valence-corrected chi connectivity index (χ0v) is 26.4. The van der Waals surface area contributed by atoms with Crippen LogP contribution in [-0.4, -0.2) is 118 Å². The molecule has 0 spiro atoms. The first kappa shape index (κ1) is 35.1. The second-order valence-electron chi connectivity index (χ2n) is 11.3. The number of amides is 2. The van der Waals surface area contributed by atoms with E-state index in [2.05, 4.69) is 17.6 Å². The fraction of sp³-hybridized carbons (Fsp3) is 0.926. The Hall–Kier alpha value is -1.11. The van der Waals surface area contributed by atoms with Gasteiger partial charge in [-0.2, -0.15) is 0 Å². The molecule has 0 aromatic rings. The summed E-state index contributed by atoms with van der Waals surface area (Å²) in [6.07, 6.45) is 1.19. The number of nitrogens with one attached hydrogen (secondary N) is 2. The quantitative estimate of drug-likeness (QED) is 0.202. The molecule has 12 nitrogen and oxygen atoms in total. The number of rotatable bonds is 18. The molecule has 2 aliphatic heterocycles. The first-order valence-electron chi connectivity index (χ1n) is 14.6. The summed E-state index contributed by atoms with van der Waals surface area (Å²) >= 11 is 0. The van der Waals surface area contributed by atoms with Crippen LogP contribution in [0.3, 0.4) is 0 Å². The van der Waals surface area contributed by atoms with Crippen molar-refractivity contribution in [2.45, 2.75) is 77.7 Å². The Bertz CT molecular complexity index is 836. The third-order valence-corrected chi connectivity index (χ3v) is 9.13. The highest BCUT2D eigenvalue weighted by molar-refractivity contribution is 7.47. The van der Waals surface area contributed by atoms with Crippen molar-refractivity contribution < 1.29 is 37.6 Å². The molecule has 2 amide bonds. The summed E-state index contributed by atoms with van der Waals surface area (Å²) in [4.78, 5) is 40.3. The predicted molar refractivity (Wildman–Crippen MR) is 153 cm³/mol. The van der Waals surface area contributed by atoms with Gasteiger partial charge < -0.3 is 34.8 Å². The van der Waals surface area contributed by atoms with E-state index in [0.717, 1.165) is 13.0 Å². The van der Waals surface area contributed by atoms with Crippen molar-refractivity contribution in [3.8, 4) is 0 Å². The van der Waals surface area contributed by atoms with E-state index in [0.29, 0.717) is 51.5 Å². The van der Waals surface area contributed by atoms with Gasteiger partial charge in [0.25, 0.3) is 0 Å². The summed E-state index contributed by atoms with van der Waals surface area (Å²) in [6.45, 7) is 10.7. The van der Waals surface area contributed by atoms with E-state index >= 15 is 0 Å². The molecule has 2 aliphatic rings. The molecule has 0 aromatic carbocycles. The predicted octanol–water partition coefficient (Wildman–Crippen LogP) is 1.87. The van der Waals surface area contributed by atoms with Crippen LogP contribution in [0.5, 0.6) is 0 Å². The summed E-state index contributed by atoms with van der Waals surface area (Å²) < 4.78 is 35.1. The number of carbonyl (C=O) groups is 2. The monoisotopic (exact) mass is 592 g/mol. The van der Waals surface area contributed by atoms with Crippen LogP contribution >= 0.6 is 7.82 Å². The maximum Gasteiger partial charge on any atom is 0.472 e. The van der Waals surface area contributed by atoms with Gasteiger partial charge in [-0.05, 0) is 65.2 Å². The molecule has 40 heavy (non-hydrogen) atoms. The van der Waals surface area contributed by atoms with E-state index in [1.165, 1.54) is 0 Å². The van der Waals surface area contributed by atoms with Crippen molar-refractivity contribution in [3.05, 3.63) is 0 Å². The average Bonchev–Trinajstić information content (AvgIpc) is 3.52. The molecule has 13 heteroatoms. The minimum absolute atomic E-state index is 0.0184. The van der Waals surface area contributed by atoms with Crippen molar-refractivity contribution in [2.24, 2.45) is 17.8 Å². The fourth-order valence-electron chi connectivity index (χ4n) is 5.51.